The van der Waals surface area contributed by atoms with Crippen LogP contribution in [0.4, 0.5) is 0 Å². The maximum absolute atomic E-state index is 11.8. The molecule has 0 spiro atoms. The second-order valence-electron chi connectivity index (χ2n) is 4.35. The number of halogens is 4. The van der Waals surface area contributed by atoms with Crippen LogP contribution in [0.1, 0.15) is 5.56 Å². The van der Waals surface area contributed by atoms with Crippen molar-refractivity contribution in [1.82, 2.24) is 0 Å². The van der Waals surface area contributed by atoms with Crippen molar-refractivity contribution in [2.75, 3.05) is 6.61 Å². The van der Waals surface area contributed by atoms with Gasteiger partial charge in [-0.2, -0.15) is 0 Å². The third kappa shape index (κ3) is 4.43. The van der Waals surface area contributed by atoms with E-state index in [1.54, 1.807) is 19.1 Å². The van der Waals surface area contributed by atoms with E-state index >= 15 is 0 Å². The molecule has 0 bridgehead atoms. The van der Waals surface area contributed by atoms with Gasteiger partial charge < -0.3 is 9.47 Å². The lowest BCUT2D eigenvalue weighted by Gasteiger charge is -2.09. The minimum Gasteiger partial charge on any atom is -0.480 e. The molecule has 22 heavy (non-hydrogen) atoms. The molecule has 116 valence electrons. The molecular weight excluding hydrogens is 370 g/mol. The Bertz CT molecular complexity index is 693. The van der Waals surface area contributed by atoms with Crippen molar-refractivity contribution >= 4 is 52.4 Å². The summed E-state index contributed by atoms with van der Waals surface area (Å²) in [6.07, 6.45) is 0. The van der Waals surface area contributed by atoms with Crippen LogP contribution in [0, 0.1) is 6.92 Å². The second kappa shape index (κ2) is 7.42. The van der Waals surface area contributed by atoms with Crippen LogP contribution in [-0.2, 0) is 4.79 Å². The third-order valence-electron chi connectivity index (χ3n) is 2.73. The molecule has 0 aliphatic rings. The number of rotatable bonds is 4. The van der Waals surface area contributed by atoms with Crippen LogP contribution in [0.15, 0.2) is 30.3 Å². The summed E-state index contributed by atoms with van der Waals surface area (Å²) < 4.78 is 10.4. The average Bonchev–Trinajstić information content (AvgIpc) is 2.43. The first-order chi connectivity index (χ1) is 10.4. The van der Waals surface area contributed by atoms with E-state index in [1.165, 1.54) is 18.2 Å². The number of benzene rings is 2. The third-order valence-corrected chi connectivity index (χ3v) is 4.04. The molecule has 2 aromatic rings. The molecule has 2 aromatic carbocycles. The summed E-state index contributed by atoms with van der Waals surface area (Å²) in [6, 6.07) is 7.71. The Labute approximate surface area is 147 Å². The molecular formula is C15H10Cl4O3. The molecule has 0 aliphatic heterocycles. The van der Waals surface area contributed by atoms with Crippen LogP contribution in [0.3, 0.4) is 0 Å². The van der Waals surface area contributed by atoms with E-state index in [9.17, 15) is 4.79 Å². The molecule has 0 aromatic heterocycles. The van der Waals surface area contributed by atoms with E-state index in [4.69, 9.17) is 55.9 Å². The molecule has 0 unspecified atom stereocenters. The van der Waals surface area contributed by atoms with Crippen LogP contribution < -0.4 is 9.47 Å². The zero-order chi connectivity index (χ0) is 16.3. The van der Waals surface area contributed by atoms with Gasteiger partial charge in [0.2, 0.25) is 0 Å². The molecule has 0 heterocycles. The quantitative estimate of drug-likeness (QED) is 0.512. The van der Waals surface area contributed by atoms with Crippen LogP contribution in [-0.4, -0.2) is 12.6 Å². The summed E-state index contributed by atoms with van der Waals surface area (Å²) >= 11 is 23.7. The average molecular weight is 380 g/mol. The maximum Gasteiger partial charge on any atom is 0.349 e. The number of carbonyl (C=O) groups is 1. The predicted octanol–water partition coefficient (Wildman–Crippen LogP) is 5.59. The van der Waals surface area contributed by atoms with Gasteiger partial charge in [0, 0.05) is 15.1 Å². The first-order valence-corrected chi connectivity index (χ1v) is 7.62. The van der Waals surface area contributed by atoms with E-state index in [0.717, 1.165) is 0 Å². The molecule has 0 fully saturated rings. The predicted molar refractivity (Wildman–Crippen MR) is 88.8 cm³/mol. The van der Waals surface area contributed by atoms with Gasteiger partial charge in [0.25, 0.3) is 0 Å². The highest BCUT2D eigenvalue weighted by Gasteiger charge is 2.11. The van der Waals surface area contributed by atoms with Gasteiger partial charge in [-0.1, -0.05) is 46.4 Å². The first-order valence-electron chi connectivity index (χ1n) is 6.11. The van der Waals surface area contributed by atoms with Gasteiger partial charge in [-0.05, 0) is 42.8 Å². The topological polar surface area (TPSA) is 35.5 Å². The van der Waals surface area contributed by atoms with Gasteiger partial charge in [-0.25, -0.2) is 4.79 Å². The first kappa shape index (κ1) is 17.2. The Hall–Kier alpha value is -1.13. The fourth-order valence-electron chi connectivity index (χ4n) is 1.57. The van der Waals surface area contributed by atoms with Crippen molar-refractivity contribution in [3.63, 3.8) is 0 Å². The smallest absolute Gasteiger partial charge is 0.349 e. The van der Waals surface area contributed by atoms with E-state index in [2.05, 4.69) is 0 Å². The molecule has 0 aliphatic carbocycles. The summed E-state index contributed by atoms with van der Waals surface area (Å²) in [7, 11) is 0. The molecule has 2 rings (SSSR count). The largest absolute Gasteiger partial charge is 0.480 e. The standard InChI is InChI=1S/C15H10Cl4O3/c1-8-11(17)5-10(6-12(8)18)22-15(20)7-21-14-3-2-9(16)4-13(14)19/h2-6H,7H2,1H3. The number of hydrogen-bond acceptors (Lipinski definition) is 3. The van der Waals surface area contributed by atoms with Gasteiger partial charge in [-0.3, -0.25) is 0 Å². The number of ether oxygens (including phenoxy) is 2. The fraction of sp³-hybridized carbons (Fsp3) is 0.133. The van der Waals surface area contributed by atoms with Crippen molar-refractivity contribution in [3.8, 4) is 11.5 Å². The molecule has 0 atom stereocenters. The lowest BCUT2D eigenvalue weighted by atomic mass is 10.2. The molecule has 0 radical (unpaired) electrons. The number of esters is 1. The second-order valence-corrected chi connectivity index (χ2v) is 6.01. The summed E-state index contributed by atoms with van der Waals surface area (Å²) in [5, 5.41) is 1.61. The van der Waals surface area contributed by atoms with E-state index < -0.39 is 5.97 Å². The maximum atomic E-state index is 11.8. The van der Waals surface area contributed by atoms with Crippen LogP contribution in [0.25, 0.3) is 0 Å². The van der Waals surface area contributed by atoms with E-state index in [0.29, 0.717) is 31.4 Å². The van der Waals surface area contributed by atoms with Crippen LogP contribution >= 0.6 is 46.4 Å². The summed E-state index contributed by atoms with van der Waals surface area (Å²) in [5.41, 5.74) is 0.715. The Morgan fingerprint density at radius 2 is 1.64 bits per heavy atom. The minimum atomic E-state index is -0.609. The highest BCUT2D eigenvalue weighted by Crippen LogP contribution is 2.30. The van der Waals surface area contributed by atoms with Crippen molar-refractivity contribution in [2.45, 2.75) is 6.92 Å². The van der Waals surface area contributed by atoms with Crippen molar-refractivity contribution in [1.29, 1.82) is 0 Å². The number of hydrogen-bond donors (Lipinski definition) is 0. The Kier molecular flexibility index (Phi) is 5.81. The molecule has 0 saturated carbocycles. The van der Waals surface area contributed by atoms with Crippen molar-refractivity contribution in [3.05, 3.63) is 56.0 Å². The SMILES string of the molecule is Cc1c(Cl)cc(OC(=O)COc2ccc(Cl)cc2Cl)cc1Cl. The van der Waals surface area contributed by atoms with Gasteiger partial charge in [0.05, 0.1) is 5.02 Å². The summed E-state index contributed by atoms with van der Waals surface area (Å²) in [5.74, 6) is -0.0265. The lowest BCUT2D eigenvalue weighted by Crippen LogP contribution is -2.17. The Morgan fingerprint density at radius 3 is 2.23 bits per heavy atom. The molecule has 0 amide bonds. The monoisotopic (exact) mass is 378 g/mol. The van der Waals surface area contributed by atoms with E-state index in [-0.39, 0.29) is 12.4 Å². The summed E-state index contributed by atoms with van der Waals surface area (Å²) in [4.78, 5) is 11.8. The molecule has 0 N–H and O–H groups in total. The van der Waals surface area contributed by atoms with Gasteiger partial charge >= 0.3 is 5.97 Å². The highest BCUT2D eigenvalue weighted by atomic mass is 35.5. The molecule has 3 nitrogen and oxygen atoms in total. The van der Waals surface area contributed by atoms with E-state index in [1.807, 2.05) is 0 Å². The van der Waals surface area contributed by atoms with Gasteiger partial charge in [0.1, 0.15) is 11.5 Å². The summed E-state index contributed by atoms with van der Waals surface area (Å²) in [6.45, 7) is 1.45. The minimum absolute atomic E-state index is 0.247. The Morgan fingerprint density at radius 1 is 1.00 bits per heavy atom. The normalized spacial score (nSPS) is 10.4. The zero-order valence-electron chi connectivity index (χ0n) is 11.3. The van der Waals surface area contributed by atoms with Crippen molar-refractivity contribution < 1.29 is 14.3 Å². The van der Waals surface area contributed by atoms with Crippen LogP contribution in [0.5, 0.6) is 11.5 Å². The lowest BCUT2D eigenvalue weighted by molar-refractivity contribution is -0.136. The van der Waals surface area contributed by atoms with Gasteiger partial charge in [0.15, 0.2) is 6.61 Å². The molecule has 7 heteroatoms. The molecule has 0 saturated heterocycles. The Balaban J connectivity index is 1.99. The highest BCUT2D eigenvalue weighted by molar-refractivity contribution is 6.36. The fourth-order valence-corrected chi connectivity index (χ4v) is 2.50. The zero-order valence-corrected chi connectivity index (χ0v) is 14.4. The van der Waals surface area contributed by atoms with Gasteiger partial charge in [-0.15, -0.1) is 0 Å². The van der Waals surface area contributed by atoms with Crippen molar-refractivity contribution in [2.24, 2.45) is 0 Å². The van der Waals surface area contributed by atoms with Crippen LogP contribution in [0.2, 0.25) is 20.1 Å². The number of carbonyl (C=O) groups excluding carboxylic acids is 1.